The van der Waals surface area contributed by atoms with E-state index in [9.17, 15) is 18.0 Å². The molecule has 32 heavy (non-hydrogen) atoms. The molecule has 6 nitrogen and oxygen atoms in total. The summed E-state index contributed by atoms with van der Waals surface area (Å²) < 4.78 is 44.6. The SMILES string of the molecule is Cc1cc2c(c3c1CN(C(=O)CC1CN(c4ccnc(C(F)(F)F)c4)C1)C3)N(C)CCO2. The number of fused-ring (bicyclic) bond motifs is 3. The molecule has 1 aromatic heterocycles. The fourth-order valence-electron chi connectivity index (χ4n) is 4.88. The van der Waals surface area contributed by atoms with E-state index < -0.39 is 11.9 Å². The molecule has 1 fully saturated rings. The Morgan fingerprint density at radius 1 is 1.22 bits per heavy atom. The van der Waals surface area contributed by atoms with Gasteiger partial charge in [-0.25, -0.2) is 0 Å². The number of rotatable bonds is 3. The van der Waals surface area contributed by atoms with Crippen molar-refractivity contribution >= 4 is 17.3 Å². The Hall–Kier alpha value is -2.97. The summed E-state index contributed by atoms with van der Waals surface area (Å²) in [4.78, 5) is 22.4. The van der Waals surface area contributed by atoms with Gasteiger partial charge in [-0.1, -0.05) is 0 Å². The van der Waals surface area contributed by atoms with E-state index in [4.69, 9.17) is 4.74 Å². The Labute approximate surface area is 184 Å². The molecule has 0 aliphatic carbocycles. The fourth-order valence-corrected chi connectivity index (χ4v) is 4.88. The van der Waals surface area contributed by atoms with Gasteiger partial charge in [0.1, 0.15) is 18.1 Å². The van der Waals surface area contributed by atoms with Crippen LogP contribution in [0.3, 0.4) is 0 Å². The summed E-state index contributed by atoms with van der Waals surface area (Å²) in [6, 6.07) is 4.71. The molecule has 0 N–H and O–H groups in total. The maximum Gasteiger partial charge on any atom is 0.433 e. The van der Waals surface area contributed by atoms with Crippen LogP contribution in [0.5, 0.6) is 5.75 Å². The van der Waals surface area contributed by atoms with Gasteiger partial charge < -0.3 is 19.4 Å². The van der Waals surface area contributed by atoms with E-state index in [0.717, 1.165) is 29.6 Å². The summed E-state index contributed by atoms with van der Waals surface area (Å²) in [5.41, 5.74) is 4.19. The molecular weight excluding hydrogens is 421 g/mol. The topological polar surface area (TPSA) is 48.9 Å². The highest BCUT2D eigenvalue weighted by atomic mass is 19.4. The van der Waals surface area contributed by atoms with Crippen LogP contribution in [0.2, 0.25) is 0 Å². The van der Waals surface area contributed by atoms with E-state index in [-0.39, 0.29) is 11.8 Å². The van der Waals surface area contributed by atoms with Crippen LogP contribution in [-0.2, 0) is 24.1 Å². The molecule has 0 radical (unpaired) electrons. The van der Waals surface area contributed by atoms with Crippen LogP contribution in [0.15, 0.2) is 24.4 Å². The number of halogens is 3. The molecule has 0 unspecified atom stereocenters. The van der Waals surface area contributed by atoms with Crippen molar-refractivity contribution in [3.8, 4) is 5.75 Å². The lowest BCUT2D eigenvalue weighted by Gasteiger charge is -2.41. The van der Waals surface area contributed by atoms with Crippen LogP contribution in [-0.4, -0.2) is 49.1 Å². The average molecular weight is 446 g/mol. The Morgan fingerprint density at radius 3 is 2.72 bits per heavy atom. The first-order valence-corrected chi connectivity index (χ1v) is 10.8. The molecule has 0 bridgehead atoms. The van der Waals surface area contributed by atoms with Gasteiger partial charge in [0.05, 0.1) is 12.2 Å². The maximum atomic E-state index is 13.0. The monoisotopic (exact) mass is 446 g/mol. The predicted octanol–water partition coefficient (Wildman–Crippen LogP) is 3.61. The number of carbonyl (C=O) groups excluding carboxylic acids is 1. The number of likely N-dealkylation sites (N-methyl/N-ethyl adjacent to an activating group) is 1. The van der Waals surface area contributed by atoms with Gasteiger partial charge in [-0.3, -0.25) is 9.78 Å². The van der Waals surface area contributed by atoms with Crippen molar-refractivity contribution in [1.82, 2.24) is 9.88 Å². The zero-order chi connectivity index (χ0) is 22.6. The number of aromatic nitrogens is 1. The third kappa shape index (κ3) is 3.63. The molecule has 1 aromatic carbocycles. The van der Waals surface area contributed by atoms with Gasteiger partial charge in [-0.15, -0.1) is 0 Å². The van der Waals surface area contributed by atoms with Gasteiger partial charge in [-0.05, 0) is 36.2 Å². The summed E-state index contributed by atoms with van der Waals surface area (Å²) in [5.74, 6) is 1.10. The number of alkyl halides is 3. The van der Waals surface area contributed by atoms with E-state index in [1.165, 1.54) is 17.3 Å². The van der Waals surface area contributed by atoms with Crippen molar-refractivity contribution < 1.29 is 22.7 Å². The lowest BCUT2D eigenvalue weighted by atomic mass is 9.95. The first-order chi connectivity index (χ1) is 15.2. The minimum absolute atomic E-state index is 0.0871. The summed E-state index contributed by atoms with van der Waals surface area (Å²) in [7, 11) is 2.05. The Bertz CT molecular complexity index is 1070. The first kappa shape index (κ1) is 20.9. The minimum Gasteiger partial charge on any atom is -0.490 e. The van der Waals surface area contributed by atoms with Crippen molar-refractivity contribution in [3.63, 3.8) is 0 Å². The number of hydrogen-bond donors (Lipinski definition) is 0. The van der Waals surface area contributed by atoms with E-state index in [1.807, 2.05) is 16.8 Å². The standard InChI is InChI=1S/C23H25F3N4O2/c1-14-7-19-22(28(2)5-6-32-19)18-13-30(12-17(14)18)21(31)8-15-10-29(11-15)16-3-4-27-20(9-16)23(24,25)26/h3-4,7,9,15H,5-6,8,10-13H2,1-2H3. The summed E-state index contributed by atoms with van der Waals surface area (Å²) in [6.45, 7) is 5.83. The number of anilines is 2. The quantitative estimate of drug-likeness (QED) is 0.721. The largest absolute Gasteiger partial charge is 0.490 e. The number of carbonyl (C=O) groups is 1. The molecule has 0 atom stereocenters. The Balaban J connectivity index is 1.22. The van der Waals surface area contributed by atoms with E-state index in [0.29, 0.717) is 44.9 Å². The van der Waals surface area contributed by atoms with Gasteiger partial charge in [0.15, 0.2) is 0 Å². The highest BCUT2D eigenvalue weighted by Gasteiger charge is 2.37. The van der Waals surface area contributed by atoms with Gasteiger partial charge in [-0.2, -0.15) is 13.2 Å². The average Bonchev–Trinajstić information content (AvgIpc) is 3.16. The second-order valence-corrected chi connectivity index (χ2v) is 8.89. The Morgan fingerprint density at radius 2 is 1.97 bits per heavy atom. The molecule has 4 heterocycles. The third-order valence-corrected chi connectivity index (χ3v) is 6.64. The lowest BCUT2D eigenvalue weighted by molar-refractivity contribution is -0.141. The molecule has 0 spiro atoms. The first-order valence-electron chi connectivity index (χ1n) is 10.8. The highest BCUT2D eigenvalue weighted by Crippen LogP contribution is 2.42. The van der Waals surface area contributed by atoms with E-state index in [2.05, 4.69) is 22.9 Å². The molecule has 3 aliphatic heterocycles. The molecule has 2 aromatic rings. The predicted molar refractivity (Wildman–Crippen MR) is 114 cm³/mol. The van der Waals surface area contributed by atoms with Crippen molar-refractivity contribution in [3.05, 3.63) is 46.8 Å². The summed E-state index contributed by atoms with van der Waals surface area (Å²) >= 11 is 0. The number of hydrogen-bond acceptors (Lipinski definition) is 5. The number of benzene rings is 1. The number of amides is 1. The number of aryl methyl sites for hydroxylation is 1. The Kier molecular flexibility index (Phi) is 4.94. The zero-order valence-electron chi connectivity index (χ0n) is 18.1. The summed E-state index contributed by atoms with van der Waals surface area (Å²) in [6.07, 6.45) is -2.88. The van der Waals surface area contributed by atoms with Crippen LogP contribution >= 0.6 is 0 Å². The van der Waals surface area contributed by atoms with Gasteiger partial charge >= 0.3 is 6.18 Å². The van der Waals surface area contributed by atoms with Crippen molar-refractivity contribution in [1.29, 1.82) is 0 Å². The molecule has 1 saturated heterocycles. The minimum atomic E-state index is -4.46. The third-order valence-electron chi connectivity index (χ3n) is 6.64. The zero-order valence-corrected chi connectivity index (χ0v) is 18.1. The molecule has 1 amide bonds. The summed E-state index contributed by atoms with van der Waals surface area (Å²) in [5, 5.41) is 0. The molecule has 9 heteroatoms. The van der Waals surface area contributed by atoms with Crippen molar-refractivity contribution in [2.24, 2.45) is 5.92 Å². The van der Waals surface area contributed by atoms with Crippen molar-refractivity contribution in [2.45, 2.75) is 32.6 Å². The molecule has 5 rings (SSSR count). The fraction of sp³-hybridized carbons (Fsp3) is 0.478. The maximum absolute atomic E-state index is 13.0. The number of ether oxygens (including phenoxy) is 1. The van der Waals surface area contributed by atoms with Gasteiger partial charge in [0, 0.05) is 63.0 Å². The molecule has 0 saturated carbocycles. The van der Waals surface area contributed by atoms with Crippen LogP contribution in [0, 0.1) is 12.8 Å². The van der Waals surface area contributed by atoms with Crippen LogP contribution < -0.4 is 14.5 Å². The van der Waals surface area contributed by atoms with Crippen LogP contribution in [0.25, 0.3) is 0 Å². The molecular formula is C23H25F3N4O2. The van der Waals surface area contributed by atoms with E-state index >= 15 is 0 Å². The van der Waals surface area contributed by atoms with E-state index in [1.54, 1.807) is 6.07 Å². The second kappa shape index (κ2) is 7.56. The number of pyridine rings is 1. The lowest BCUT2D eigenvalue weighted by Crippen LogP contribution is -2.48. The second-order valence-electron chi connectivity index (χ2n) is 8.89. The normalized spacial score (nSPS) is 18.2. The van der Waals surface area contributed by atoms with Crippen LogP contribution in [0.1, 0.15) is 28.8 Å². The van der Waals surface area contributed by atoms with Gasteiger partial charge in [0.2, 0.25) is 5.91 Å². The van der Waals surface area contributed by atoms with Crippen LogP contribution in [0.4, 0.5) is 24.5 Å². The van der Waals surface area contributed by atoms with Crippen molar-refractivity contribution in [2.75, 3.05) is 43.1 Å². The molecule has 170 valence electrons. The smallest absolute Gasteiger partial charge is 0.433 e. The molecule has 3 aliphatic rings. The highest BCUT2D eigenvalue weighted by molar-refractivity contribution is 5.80. The number of nitrogens with zero attached hydrogens (tertiary/aromatic N) is 4. The van der Waals surface area contributed by atoms with Gasteiger partial charge in [0.25, 0.3) is 0 Å².